The van der Waals surface area contributed by atoms with Crippen molar-refractivity contribution in [3.63, 3.8) is 0 Å². The van der Waals surface area contributed by atoms with Gasteiger partial charge in [0.15, 0.2) is 0 Å². The van der Waals surface area contributed by atoms with Gasteiger partial charge in [0.05, 0.1) is 0 Å². The number of rotatable bonds is 8. The van der Waals surface area contributed by atoms with Crippen molar-refractivity contribution in [2.45, 2.75) is 53.1 Å². The lowest BCUT2D eigenvalue weighted by atomic mass is 10.1. The standard InChI is InChI=1S/C19H25N.C2H6/c1-2-3-10-15-20(16-18-11-6-4-7-12-18)17-19-13-8-5-9-14-19;1-2/h4-9,11-14H,2-3,10,15-17H2,1H3;1-2H3. The predicted molar refractivity (Wildman–Crippen MR) is 97.9 cm³/mol. The Bertz CT molecular complexity index is 422. The first-order valence-corrected chi connectivity index (χ1v) is 8.68. The predicted octanol–water partition coefficient (Wildman–Crippen LogP) is 5.91. The fourth-order valence-electron chi connectivity index (χ4n) is 2.48. The van der Waals surface area contributed by atoms with Gasteiger partial charge in [0, 0.05) is 13.1 Å². The lowest BCUT2D eigenvalue weighted by molar-refractivity contribution is 0.251. The van der Waals surface area contributed by atoms with Crippen LogP contribution in [-0.4, -0.2) is 11.4 Å². The molecule has 0 bridgehead atoms. The van der Waals surface area contributed by atoms with Gasteiger partial charge in [0.1, 0.15) is 0 Å². The maximum atomic E-state index is 2.56. The van der Waals surface area contributed by atoms with Crippen molar-refractivity contribution >= 4 is 0 Å². The van der Waals surface area contributed by atoms with Crippen LogP contribution in [0.25, 0.3) is 0 Å². The molecular formula is C21H31N. The van der Waals surface area contributed by atoms with E-state index in [4.69, 9.17) is 0 Å². The summed E-state index contributed by atoms with van der Waals surface area (Å²) < 4.78 is 0. The molecule has 120 valence electrons. The molecule has 0 fully saturated rings. The molecule has 2 aromatic carbocycles. The third-order valence-electron chi connectivity index (χ3n) is 3.58. The van der Waals surface area contributed by atoms with Crippen LogP contribution < -0.4 is 0 Å². The van der Waals surface area contributed by atoms with Gasteiger partial charge in [-0.25, -0.2) is 0 Å². The average molecular weight is 297 g/mol. The zero-order chi connectivity index (χ0) is 16.0. The molecule has 0 unspecified atom stereocenters. The molecule has 0 aliphatic heterocycles. The fourth-order valence-corrected chi connectivity index (χ4v) is 2.48. The van der Waals surface area contributed by atoms with Crippen LogP contribution >= 0.6 is 0 Å². The Kier molecular flexibility index (Phi) is 10.1. The molecule has 1 heteroatoms. The monoisotopic (exact) mass is 297 g/mol. The molecule has 0 amide bonds. The summed E-state index contributed by atoms with van der Waals surface area (Å²) in [6.07, 6.45) is 3.89. The molecule has 2 aromatic rings. The van der Waals surface area contributed by atoms with Gasteiger partial charge < -0.3 is 0 Å². The largest absolute Gasteiger partial charge is 0.295 e. The minimum Gasteiger partial charge on any atom is -0.295 e. The molecule has 0 aliphatic carbocycles. The third kappa shape index (κ3) is 7.42. The van der Waals surface area contributed by atoms with E-state index >= 15 is 0 Å². The van der Waals surface area contributed by atoms with Crippen LogP contribution in [0.15, 0.2) is 60.7 Å². The molecule has 0 heterocycles. The number of nitrogens with zero attached hydrogens (tertiary/aromatic N) is 1. The van der Waals surface area contributed by atoms with Gasteiger partial charge >= 0.3 is 0 Å². The summed E-state index contributed by atoms with van der Waals surface area (Å²) in [6.45, 7) is 9.52. The summed E-state index contributed by atoms with van der Waals surface area (Å²) in [5.41, 5.74) is 2.81. The van der Waals surface area contributed by atoms with Crippen LogP contribution in [0.3, 0.4) is 0 Å². The summed E-state index contributed by atoms with van der Waals surface area (Å²) in [5.74, 6) is 0. The van der Waals surface area contributed by atoms with Crippen molar-refractivity contribution in [2.75, 3.05) is 6.54 Å². The average Bonchev–Trinajstić information content (AvgIpc) is 2.59. The minimum absolute atomic E-state index is 1.04. The van der Waals surface area contributed by atoms with E-state index < -0.39 is 0 Å². The number of hydrogen-bond donors (Lipinski definition) is 0. The molecule has 0 N–H and O–H groups in total. The molecular weight excluding hydrogens is 266 g/mol. The summed E-state index contributed by atoms with van der Waals surface area (Å²) in [5, 5.41) is 0. The summed E-state index contributed by atoms with van der Waals surface area (Å²) in [6, 6.07) is 21.6. The van der Waals surface area contributed by atoms with Gasteiger partial charge in [0.25, 0.3) is 0 Å². The van der Waals surface area contributed by atoms with Crippen molar-refractivity contribution in [3.8, 4) is 0 Å². The van der Waals surface area contributed by atoms with Gasteiger partial charge in [-0.3, -0.25) is 4.90 Å². The highest BCUT2D eigenvalue weighted by atomic mass is 15.1. The van der Waals surface area contributed by atoms with E-state index in [0.717, 1.165) is 13.1 Å². The van der Waals surface area contributed by atoms with E-state index in [2.05, 4.69) is 72.5 Å². The maximum absolute atomic E-state index is 2.56. The van der Waals surface area contributed by atoms with Crippen LogP contribution in [0.1, 0.15) is 51.2 Å². The van der Waals surface area contributed by atoms with Gasteiger partial charge in [-0.2, -0.15) is 0 Å². The van der Waals surface area contributed by atoms with Gasteiger partial charge in [0.2, 0.25) is 0 Å². The Hall–Kier alpha value is -1.60. The van der Waals surface area contributed by atoms with Gasteiger partial charge in [-0.05, 0) is 24.1 Å². The zero-order valence-corrected chi connectivity index (χ0v) is 14.5. The number of unbranched alkanes of at least 4 members (excludes halogenated alkanes) is 2. The Balaban J connectivity index is 0.00000116. The van der Waals surface area contributed by atoms with E-state index in [1.54, 1.807) is 0 Å². The van der Waals surface area contributed by atoms with Crippen molar-refractivity contribution < 1.29 is 0 Å². The first-order chi connectivity index (χ1) is 10.9. The molecule has 2 rings (SSSR count). The van der Waals surface area contributed by atoms with Crippen molar-refractivity contribution in [1.82, 2.24) is 4.90 Å². The summed E-state index contributed by atoms with van der Waals surface area (Å²) in [7, 11) is 0. The van der Waals surface area contributed by atoms with Crippen molar-refractivity contribution in [3.05, 3.63) is 71.8 Å². The Labute approximate surface area is 137 Å². The minimum atomic E-state index is 1.04. The van der Waals surface area contributed by atoms with Crippen LogP contribution in [0.2, 0.25) is 0 Å². The van der Waals surface area contributed by atoms with Gasteiger partial charge in [-0.15, -0.1) is 0 Å². The Morgan fingerprint density at radius 1 is 0.682 bits per heavy atom. The highest BCUT2D eigenvalue weighted by molar-refractivity contribution is 5.17. The molecule has 0 radical (unpaired) electrons. The van der Waals surface area contributed by atoms with Crippen LogP contribution in [0.4, 0.5) is 0 Å². The van der Waals surface area contributed by atoms with E-state index in [1.807, 2.05) is 13.8 Å². The second-order valence-corrected chi connectivity index (χ2v) is 5.39. The number of hydrogen-bond acceptors (Lipinski definition) is 1. The van der Waals surface area contributed by atoms with Crippen molar-refractivity contribution in [1.29, 1.82) is 0 Å². The molecule has 1 nitrogen and oxygen atoms in total. The first kappa shape index (κ1) is 18.4. The molecule has 22 heavy (non-hydrogen) atoms. The zero-order valence-electron chi connectivity index (χ0n) is 14.5. The SMILES string of the molecule is CC.CCCCCN(Cc1ccccc1)Cc1ccccc1. The first-order valence-electron chi connectivity index (χ1n) is 8.68. The number of benzene rings is 2. The molecule has 0 aliphatic rings. The van der Waals surface area contributed by atoms with E-state index in [1.165, 1.54) is 36.9 Å². The van der Waals surface area contributed by atoms with Crippen molar-refractivity contribution in [2.24, 2.45) is 0 Å². The topological polar surface area (TPSA) is 3.24 Å². The quantitative estimate of drug-likeness (QED) is 0.548. The maximum Gasteiger partial charge on any atom is 0.0237 e. The molecule has 0 saturated heterocycles. The second kappa shape index (κ2) is 12.0. The molecule has 0 atom stereocenters. The summed E-state index contributed by atoms with van der Waals surface area (Å²) >= 11 is 0. The highest BCUT2D eigenvalue weighted by Gasteiger charge is 2.06. The fraction of sp³-hybridized carbons (Fsp3) is 0.429. The van der Waals surface area contributed by atoms with Crippen LogP contribution in [0, 0.1) is 0 Å². The van der Waals surface area contributed by atoms with E-state index in [9.17, 15) is 0 Å². The Morgan fingerprint density at radius 3 is 1.55 bits per heavy atom. The molecule has 0 spiro atoms. The molecule has 0 aromatic heterocycles. The van der Waals surface area contributed by atoms with Crippen LogP contribution in [-0.2, 0) is 13.1 Å². The van der Waals surface area contributed by atoms with Crippen LogP contribution in [0.5, 0.6) is 0 Å². The lowest BCUT2D eigenvalue weighted by Gasteiger charge is -2.22. The smallest absolute Gasteiger partial charge is 0.0237 e. The second-order valence-electron chi connectivity index (χ2n) is 5.39. The highest BCUT2D eigenvalue weighted by Crippen LogP contribution is 2.11. The lowest BCUT2D eigenvalue weighted by Crippen LogP contribution is -2.24. The molecule has 0 saturated carbocycles. The van der Waals surface area contributed by atoms with Gasteiger partial charge in [-0.1, -0.05) is 94.3 Å². The van der Waals surface area contributed by atoms with E-state index in [0.29, 0.717) is 0 Å². The summed E-state index contributed by atoms with van der Waals surface area (Å²) in [4.78, 5) is 2.56. The Morgan fingerprint density at radius 2 is 1.14 bits per heavy atom. The van der Waals surface area contributed by atoms with E-state index in [-0.39, 0.29) is 0 Å². The third-order valence-corrected chi connectivity index (χ3v) is 3.58. The normalized spacial score (nSPS) is 10.2.